The maximum Gasteiger partial charge on any atom is 0.337 e. The van der Waals surface area contributed by atoms with E-state index in [1.54, 1.807) is 6.08 Å². The van der Waals surface area contributed by atoms with Crippen molar-refractivity contribution >= 4 is 23.1 Å². The predicted octanol–water partition coefficient (Wildman–Crippen LogP) is 5.19. The van der Waals surface area contributed by atoms with Crippen LogP contribution in [-0.4, -0.2) is 41.3 Å². The lowest BCUT2D eigenvalue weighted by Gasteiger charge is -2.27. The highest BCUT2D eigenvalue weighted by atomic mass is 35.5. The van der Waals surface area contributed by atoms with Gasteiger partial charge in [-0.3, -0.25) is 0 Å². The lowest BCUT2D eigenvalue weighted by molar-refractivity contribution is -0.130. The van der Waals surface area contributed by atoms with E-state index in [-0.39, 0.29) is 16.8 Å². The standard InChI is InChI=1S/C25H23ClN6O2/c1-2-3-8-21-27-23(26)22-19(25(33)34)13-14-20(32(21)22)16-11-9-15(10-12-16)17-6-4-5-7-18(17)24-28-30-31-29-24/h4-7,9-13,20H,2-3,8,14H2,1H3,(H,33,34)(H,28,29,30,31). The van der Waals surface area contributed by atoms with Crippen LogP contribution in [0.3, 0.4) is 0 Å². The van der Waals surface area contributed by atoms with E-state index in [4.69, 9.17) is 11.6 Å². The van der Waals surface area contributed by atoms with Gasteiger partial charge in [0.15, 0.2) is 5.15 Å². The van der Waals surface area contributed by atoms with Crippen molar-refractivity contribution in [3.05, 3.63) is 76.8 Å². The third-order valence-electron chi connectivity index (χ3n) is 6.16. The number of H-pyrrole nitrogens is 1. The molecule has 9 heteroatoms. The molecule has 1 unspecified atom stereocenters. The first-order valence-corrected chi connectivity index (χ1v) is 11.6. The van der Waals surface area contributed by atoms with Crippen LogP contribution in [0, 0.1) is 0 Å². The Kier molecular flexibility index (Phi) is 5.98. The minimum atomic E-state index is -0.989. The third-order valence-corrected chi connectivity index (χ3v) is 6.42. The lowest BCUT2D eigenvalue weighted by atomic mass is 9.93. The number of aryl methyl sites for hydroxylation is 1. The lowest BCUT2D eigenvalue weighted by Crippen LogP contribution is -2.21. The molecule has 0 bridgehead atoms. The summed E-state index contributed by atoms with van der Waals surface area (Å²) >= 11 is 6.45. The fourth-order valence-corrected chi connectivity index (χ4v) is 4.82. The van der Waals surface area contributed by atoms with Crippen LogP contribution in [-0.2, 0) is 11.2 Å². The number of nitrogens with zero attached hydrogens (tertiary/aromatic N) is 5. The second-order valence-corrected chi connectivity index (χ2v) is 8.58. The molecule has 4 aromatic rings. The Hall–Kier alpha value is -3.78. The summed E-state index contributed by atoms with van der Waals surface area (Å²) in [6.07, 6.45) is 5.02. The van der Waals surface area contributed by atoms with Crippen LogP contribution < -0.4 is 0 Å². The van der Waals surface area contributed by atoms with Gasteiger partial charge < -0.3 is 9.67 Å². The van der Waals surface area contributed by atoms with E-state index in [1.165, 1.54) is 0 Å². The number of aromatic nitrogens is 6. The number of hydrogen-bond donors (Lipinski definition) is 2. The number of allylic oxidation sites excluding steroid dienone is 1. The molecule has 172 valence electrons. The van der Waals surface area contributed by atoms with Gasteiger partial charge in [0.25, 0.3) is 0 Å². The Morgan fingerprint density at radius 2 is 1.94 bits per heavy atom. The molecule has 0 amide bonds. The number of rotatable bonds is 7. The number of halogens is 1. The average molecular weight is 475 g/mol. The molecule has 34 heavy (non-hydrogen) atoms. The number of aromatic amines is 1. The zero-order valence-electron chi connectivity index (χ0n) is 18.6. The van der Waals surface area contributed by atoms with Crippen molar-refractivity contribution in [1.29, 1.82) is 0 Å². The smallest absolute Gasteiger partial charge is 0.337 e. The largest absolute Gasteiger partial charge is 0.478 e. The molecule has 0 saturated heterocycles. The molecule has 1 atom stereocenters. The summed E-state index contributed by atoms with van der Waals surface area (Å²) in [5.74, 6) is 0.374. The van der Waals surface area contributed by atoms with Crippen LogP contribution >= 0.6 is 11.6 Å². The van der Waals surface area contributed by atoms with Crippen LogP contribution in [0.1, 0.15) is 49.3 Å². The molecule has 0 saturated carbocycles. The number of carboxylic acids is 1. The molecule has 8 nitrogen and oxygen atoms in total. The van der Waals surface area contributed by atoms with E-state index >= 15 is 0 Å². The number of nitrogens with one attached hydrogen (secondary N) is 1. The van der Waals surface area contributed by atoms with Crippen LogP contribution in [0.25, 0.3) is 28.1 Å². The van der Waals surface area contributed by atoms with Gasteiger partial charge in [0.05, 0.1) is 17.3 Å². The molecule has 1 aliphatic heterocycles. The Morgan fingerprint density at radius 3 is 2.62 bits per heavy atom. The van der Waals surface area contributed by atoms with Crippen molar-refractivity contribution in [3.8, 4) is 22.5 Å². The van der Waals surface area contributed by atoms with Crippen LogP contribution in [0.2, 0.25) is 5.15 Å². The van der Waals surface area contributed by atoms with Gasteiger partial charge in [-0.1, -0.05) is 79.6 Å². The zero-order valence-corrected chi connectivity index (χ0v) is 19.3. The van der Waals surface area contributed by atoms with Gasteiger partial charge in [-0.05, 0) is 34.7 Å². The first kappa shape index (κ1) is 22.0. The molecule has 2 N–H and O–H groups in total. The number of imidazole rings is 1. The number of aliphatic carboxylic acids is 1. The normalized spacial score (nSPS) is 15.1. The first-order chi connectivity index (χ1) is 16.6. The maximum atomic E-state index is 11.9. The quantitative estimate of drug-likeness (QED) is 0.381. The van der Waals surface area contributed by atoms with Crippen LogP contribution in [0.15, 0.2) is 54.6 Å². The Bertz CT molecular complexity index is 1360. The highest BCUT2D eigenvalue weighted by Gasteiger charge is 2.31. The van der Waals surface area contributed by atoms with Gasteiger partial charge >= 0.3 is 5.97 Å². The molecular weight excluding hydrogens is 452 g/mol. The van der Waals surface area contributed by atoms with Gasteiger partial charge in [0.1, 0.15) is 5.82 Å². The van der Waals surface area contributed by atoms with Gasteiger partial charge in [0, 0.05) is 12.0 Å². The third kappa shape index (κ3) is 3.90. The molecule has 2 aromatic heterocycles. The van der Waals surface area contributed by atoms with Crippen molar-refractivity contribution in [2.24, 2.45) is 0 Å². The summed E-state index contributed by atoms with van der Waals surface area (Å²) in [7, 11) is 0. The second-order valence-electron chi connectivity index (χ2n) is 8.22. The second kappa shape index (κ2) is 9.23. The molecule has 5 rings (SSSR count). The molecule has 2 aromatic carbocycles. The fourth-order valence-electron chi connectivity index (χ4n) is 4.53. The molecule has 0 radical (unpaired) electrons. The SMILES string of the molecule is CCCCc1nc(Cl)c2n1C(c1ccc(-c3ccccc3-c3nn[nH]n3)cc1)CC=C2C(=O)O. The molecular formula is C25H23ClN6O2. The average Bonchev–Trinajstić information content (AvgIpc) is 3.51. The number of fused-ring (bicyclic) bond motifs is 1. The van der Waals surface area contributed by atoms with Gasteiger partial charge in [-0.2, -0.15) is 5.21 Å². The molecule has 1 aliphatic rings. The molecule has 3 heterocycles. The highest BCUT2D eigenvalue weighted by molar-refractivity contribution is 6.33. The summed E-state index contributed by atoms with van der Waals surface area (Å²) in [4.78, 5) is 16.4. The zero-order chi connectivity index (χ0) is 23.7. The van der Waals surface area contributed by atoms with Crippen molar-refractivity contribution < 1.29 is 9.90 Å². The fraction of sp³-hybridized carbons (Fsp3) is 0.240. The summed E-state index contributed by atoms with van der Waals surface area (Å²) in [6, 6.07) is 16.1. The number of unbranched alkanes of at least 4 members (excludes halogenated alkanes) is 1. The summed E-state index contributed by atoms with van der Waals surface area (Å²) in [5, 5.41) is 24.4. The van der Waals surface area contributed by atoms with E-state index < -0.39 is 5.97 Å². The maximum absolute atomic E-state index is 11.9. The van der Waals surface area contributed by atoms with Crippen molar-refractivity contribution in [1.82, 2.24) is 30.2 Å². The Morgan fingerprint density at radius 1 is 1.18 bits per heavy atom. The van der Waals surface area contributed by atoms with Gasteiger partial charge in [-0.15, -0.1) is 10.2 Å². The summed E-state index contributed by atoms with van der Waals surface area (Å²) in [5.41, 5.74) is 4.68. The number of carbonyl (C=O) groups is 1. The number of tetrazole rings is 1. The minimum Gasteiger partial charge on any atom is -0.478 e. The molecule has 0 spiro atoms. The van der Waals surface area contributed by atoms with Crippen LogP contribution in [0.5, 0.6) is 0 Å². The van der Waals surface area contributed by atoms with Crippen molar-refractivity contribution in [2.45, 2.75) is 38.6 Å². The van der Waals surface area contributed by atoms with Crippen molar-refractivity contribution in [2.75, 3.05) is 0 Å². The predicted molar refractivity (Wildman–Crippen MR) is 129 cm³/mol. The number of benzene rings is 2. The number of carboxylic acid groups (broad SMARTS) is 1. The topological polar surface area (TPSA) is 110 Å². The van der Waals surface area contributed by atoms with E-state index in [0.29, 0.717) is 17.9 Å². The summed E-state index contributed by atoms with van der Waals surface area (Å²) in [6.45, 7) is 2.12. The Balaban J connectivity index is 1.54. The monoisotopic (exact) mass is 474 g/mol. The Labute approximate surface area is 201 Å². The van der Waals surface area contributed by atoms with E-state index in [9.17, 15) is 9.90 Å². The van der Waals surface area contributed by atoms with E-state index in [1.807, 2.05) is 28.8 Å². The van der Waals surface area contributed by atoms with E-state index in [0.717, 1.165) is 47.3 Å². The van der Waals surface area contributed by atoms with Crippen LogP contribution in [0.4, 0.5) is 0 Å². The number of hydrogen-bond acceptors (Lipinski definition) is 5. The van der Waals surface area contributed by atoms with E-state index in [2.05, 4.69) is 56.8 Å². The highest BCUT2D eigenvalue weighted by Crippen LogP contribution is 2.39. The van der Waals surface area contributed by atoms with Gasteiger partial charge in [0.2, 0.25) is 5.82 Å². The molecule has 0 aliphatic carbocycles. The van der Waals surface area contributed by atoms with Gasteiger partial charge in [-0.25, -0.2) is 9.78 Å². The first-order valence-electron chi connectivity index (χ1n) is 11.2. The minimum absolute atomic E-state index is 0.0774. The van der Waals surface area contributed by atoms with Crippen molar-refractivity contribution in [3.63, 3.8) is 0 Å². The summed E-state index contributed by atoms with van der Waals surface area (Å²) < 4.78 is 2.02. The molecule has 0 fully saturated rings.